The van der Waals surface area contributed by atoms with Crippen molar-refractivity contribution in [3.8, 4) is 0 Å². The van der Waals surface area contributed by atoms with Gasteiger partial charge in [0.2, 0.25) is 0 Å². The first-order chi connectivity index (χ1) is 12.3. The molecular formula is C16H12FIN2O3S3. The standard InChI is InChI=1S/C16H12FIN2O3S3/c1-2-20-15(21)12(9-10-5-3-6-11(18)14(10)17)25-16(20)19-26(22,23)13-7-4-8-24-13/h3-9H,2H2,1H3. The number of hydrogen-bond donors (Lipinski definition) is 0. The number of sulfonamides is 1. The zero-order chi connectivity index (χ0) is 18.9. The fourth-order valence-electron chi connectivity index (χ4n) is 2.19. The van der Waals surface area contributed by atoms with Gasteiger partial charge in [-0.25, -0.2) is 4.39 Å². The lowest BCUT2D eigenvalue weighted by Gasteiger charge is -2.11. The van der Waals surface area contributed by atoms with E-state index in [-0.39, 0.29) is 26.4 Å². The summed E-state index contributed by atoms with van der Waals surface area (Å²) in [5.74, 6) is -0.815. The topological polar surface area (TPSA) is 66.8 Å². The fraction of sp³-hybridized carbons (Fsp3) is 0.125. The van der Waals surface area contributed by atoms with E-state index < -0.39 is 21.7 Å². The average molecular weight is 522 g/mol. The second-order valence-electron chi connectivity index (χ2n) is 5.08. The summed E-state index contributed by atoms with van der Waals surface area (Å²) < 4.78 is 43.3. The minimum atomic E-state index is -3.89. The summed E-state index contributed by atoms with van der Waals surface area (Å²) in [6.07, 6.45) is 1.42. The first-order valence-corrected chi connectivity index (χ1v) is 11.6. The molecule has 0 aliphatic carbocycles. The summed E-state index contributed by atoms with van der Waals surface area (Å²) in [4.78, 5) is 14.1. The van der Waals surface area contributed by atoms with Crippen molar-refractivity contribution in [1.82, 2.24) is 4.90 Å². The van der Waals surface area contributed by atoms with Gasteiger partial charge in [-0.05, 0) is 64.9 Å². The number of likely N-dealkylation sites (N-methyl/N-ethyl adjacent to an activating group) is 1. The molecule has 5 nitrogen and oxygen atoms in total. The van der Waals surface area contributed by atoms with E-state index in [0.717, 1.165) is 23.1 Å². The van der Waals surface area contributed by atoms with Crippen molar-refractivity contribution in [2.24, 2.45) is 4.40 Å². The molecule has 0 N–H and O–H groups in total. The molecule has 0 unspecified atom stereocenters. The van der Waals surface area contributed by atoms with Crippen LogP contribution < -0.4 is 0 Å². The predicted molar refractivity (Wildman–Crippen MR) is 111 cm³/mol. The van der Waals surface area contributed by atoms with Gasteiger partial charge in [0.05, 0.1) is 4.91 Å². The molecule has 1 aromatic carbocycles. The number of benzene rings is 1. The van der Waals surface area contributed by atoms with Crippen LogP contribution in [0.5, 0.6) is 0 Å². The van der Waals surface area contributed by atoms with Crippen LogP contribution in [-0.2, 0) is 14.8 Å². The Morgan fingerprint density at radius 2 is 2.08 bits per heavy atom. The quantitative estimate of drug-likeness (QED) is 0.447. The molecule has 0 saturated carbocycles. The summed E-state index contributed by atoms with van der Waals surface area (Å²) in [5, 5.41) is 1.71. The largest absolute Gasteiger partial charge is 0.294 e. The van der Waals surface area contributed by atoms with Crippen LogP contribution >= 0.6 is 45.7 Å². The molecule has 3 rings (SSSR count). The number of thioether (sulfide) groups is 1. The Morgan fingerprint density at radius 1 is 1.31 bits per heavy atom. The van der Waals surface area contributed by atoms with E-state index in [1.54, 1.807) is 36.6 Å². The molecule has 1 saturated heterocycles. The number of carbonyl (C=O) groups excluding carboxylic acids is 1. The van der Waals surface area contributed by atoms with Gasteiger partial charge >= 0.3 is 0 Å². The molecule has 1 aromatic heterocycles. The molecule has 10 heteroatoms. The number of rotatable bonds is 4. The first kappa shape index (κ1) is 19.5. The summed E-state index contributed by atoms with van der Waals surface area (Å²) >= 11 is 3.86. The van der Waals surface area contributed by atoms with E-state index in [1.807, 2.05) is 22.6 Å². The lowest BCUT2D eigenvalue weighted by atomic mass is 10.2. The number of thiophene rings is 1. The highest BCUT2D eigenvalue weighted by Gasteiger charge is 2.34. The van der Waals surface area contributed by atoms with Crippen LogP contribution in [0.15, 0.2) is 49.2 Å². The third-order valence-corrected chi connectivity index (χ3v) is 8.02. The summed E-state index contributed by atoms with van der Waals surface area (Å²) in [5.41, 5.74) is 0.270. The summed E-state index contributed by atoms with van der Waals surface area (Å²) in [7, 11) is -3.89. The van der Waals surface area contributed by atoms with Gasteiger partial charge in [0.1, 0.15) is 10.0 Å². The number of amides is 1. The third-order valence-electron chi connectivity index (χ3n) is 3.42. The number of carbonyl (C=O) groups is 1. The van der Waals surface area contributed by atoms with Crippen LogP contribution in [0.2, 0.25) is 0 Å². The molecular weight excluding hydrogens is 510 g/mol. The Morgan fingerprint density at radius 3 is 2.73 bits per heavy atom. The van der Waals surface area contributed by atoms with Crippen molar-refractivity contribution in [3.05, 3.63) is 55.6 Å². The van der Waals surface area contributed by atoms with Gasteiger partial charge in [0, 0.05) is 15.7 Å². The maximum atomic E-state index is 14.2. The van der Waals surface area contributed by atoms with Gasteiger partial charge in [-0.15, -0.1) is 15.7 Å². The van der Waals surface area contributed by atoms with E-state index in [4.69, 9.17) is 0 Å². The lowest BCUT2D eigenvalue weighted by molar-refractivity contribution is -0.122. The smallest absolute Gasteiger partial charge is 0.286 e. The molecule has 2 heterocycles. The number of halogens is 2. The number of nitrogens with zero attached hydrogens (tertiary/aromatic N) is 2. The van der Waals surface area contributed by atoms with Crippen molar-refractivity contribution in [1.29, 1.82) is 0 Å². The zero-order valence-electron chi connectivity index (χ0n) is 13.3. The van der Waals surface area contributed by atoms with E-state index in [2.05, 4.69) is 4.40 Å². The normalized spacial score (nSPS) is 18.3. The lowest BCUT2D eigenvalue weighted by Crippen LogP contribution is -2.29. The minimum absolute atomic E-state index is 0.0724. The van der Waals surface area contributed by atoms with Gasteiger partial charge in [0.15, 0.2) is 5.17 Å². The maximum Gasteiger partial charge on any atom is 0.294 e. The maximum absolute atomic E-state index is 14.2. The summed E-state index contributed by atoms with van der Waals surface area (Å²) in [6, 6.07) is 7.95. The Balaban J connectivity index is 2.00. The molecule has 26 heavy (non-hydrogen) atoms. The van der Waals surface area contributed by atoms with Crippen molar-refractivity contribution in [3.63, 3.8) is 0 Å². The van der Waals surface area contributed by atoms with Crippen molar-refractivity contribution >= 4 is 72.9 Å². The second-order valence-corrected chi connectivity index (χ2v) is 10.0. The molecule has 0 radical (unpaired) electrons. The van der Waals surface area contributed by atoms with Crippen LogP contribution in [0.25, 0.3) is 6.08 Å². The summed E-state index contributed by atoms with van der Waals surface area (Å²) in [6.45, 7) is 1.98. The van der Waals surface area contributed by atoms with Gasteiger partial charge in [0.25, 0.3) is 15.9 Å². The zero-order valence-corrected chi connectivity index (χ0v) is 18.0. The van der Waals surface area contributed by atoms with E-state index in [0.29, 0.717) is 3.57 Å². The Labute approximate surface area is 172 Å². The monoisotopic (exact) mass is 522 g/mol. The molecule has 2 aromatic rings. The highest BCUT2D eigenvalue weighted by atomic mass is 127. The Bertz CT molecular complexity index is 1020. The van der Waals surface area contributed by atoms with Gasteiger partial charge < -0.3 is 0 Å². The first-order valence-electron chi connectivity index (χ1n) is 7.37. The van der Waals surface area contributed by atoms with Crippen LogP contribution in [0, 0.1) is 9.39 Å². The van der Waals surface area contributed by atoms with E-state index in [1.165, 1.54) is 17.0 Å². The van der Waals surface area contributed by atoms with Crippen LogP contribution in [0.3, 0.4) is 0 Å². The van der Waals surface area contributed by atoms with Gasteiger partial charge in [-0.1, -0.05) is 18.2 Å². The van der Waals surface area contributed by atoms with E-state index in [9.17, 15) is 17.6 Å². The number of hydrogen-bond acceptors (Lipinski definition) is 5. The molecule has 1 fully saturated rings. The Kier molecular flexibility index (Phi) is 5.85. The Hall–Kier alpha value is -1.24. The van der Waals surface area contributed by atoms with E-state index >= 15 is 0 Å². The number of amidine groups is 1. The molecule has 0 spiro atoms. The van der Waals surface area contributed by atoms with Crippen LogP contribution in [0.4, 0.5) is 4.39 Å². The second kappa shape index (κ2) is 7.79. The molecule has 1 aliphatic heterocycles. The molecule has 1 aliphatic rings. The molecule has 1 amide bonds. The van der Waals surface area contributed by atoms with Gasteiger partial charge in [-0.2, -0.15) is 8.42 Å². The highest BCUT2D eigenvalue weighted by Crippen LogP contribution is 2.34. The molecule has 136 valence electrons. The fourth-order valence-corrected chi connectivity index (χ4v) is 5.91. The predicted octanol–water partition coefficient (Wildman–Crippen LogP) is 4.17. The SMILES string of the molecule is CCN1C(=O)C(=Cc2cccc(I)c2F)SC1=NS(=O)(=O)c1cccs1. The van der Waals surface area contributed by atoms with Crippen LogP contribution in [-0.4, -0.2) is 30.9 Å². The van der Waals surface area contributed by atoms with Crippen molar-refractivity contribution < 1.29 is 17.6 Å². The average Bonchev–Trinajstić information content (AvgIpc) is 3.21. The van der Waals surface area contributed by atoms with Crippen molar-refractivity contribution in [2.45, 2.75) is 11.1 Å². The third kappa shape index (κ3) is 3.87. The van der Waals surface area contributed by atoms with Crippen LogP contribution in [0.1, 0.15) is 12.5 Å². The van der Waals surface area contributed by atoms with Crippen molar-refractivity contribution in [2.75, 3.05) is 6.54 Å². The minimum Gasteiger partial charge on any atom is -0.286 e. The molecule has 0 atom stereocenters. The van der Waals surface area contributed by atoms with Gasteiger partial charge in [-0.3, -0.25) is 9.69 Å². The highest BCUT2D eigenvalue weighted by molar-refractivity contribution is 14.1. The molecule has 0 bridgehead atoms.